The smallest absolute Gasteiger partial charge is 0.265 e. The molecule has 18 heavy (non-hydrogen) atoms. The first-order valence-electron chi connectivity index (χ1n) is 5.89. The average Bonchev–Trinajstić information content (AvgIpc) is 2.74. The van der Waals surface area contributed by atoms with Gasteiger partial charge in [0, 0.05) is 18.3 Å². The third-order valence-corrected chi connectivity index (χ3v) is 4.34. The molecule has 4 N–H and O–H groups in total. The largest absolute Gasteiger partial charge is 0.382 e. The van der Waals surface area contributed by atoms with Crippen molar-refractivity contribution in [3.8, 4) is 0 Å². The molecule has 1 aromatic heterocycles. The number of aromatic nitrogens is 1. The van der Waals surface area contributed by atoms with Crippen molar-refractivity contribution < 1.29 is 4.79 Å². The molecule has 0 aromatic carbocycles. The number of amides is 1. The van der Waals surface area contributed by atoms with E-state index in [2.05, 4.69) is 29.5 Å². The Balaban J connectivity index is 2.59. The van der Waals surface area contributed by atoms with Gasteiger partial charge in [0.05, 0.1) is 0 Å². The van der Waals surface area contributed by atoms with E-state index in [-0.39, 0.29) is 5.91 Å². The van der Waals surface area contributed by atoms with Crippen molar-refractivity contribution in [1.29, 1.82) is 0 Å². The molecule has 0 aliphatic heterocycles. The Morgan fingerprint density at radius 2 is 2.33 bits per heavy atom. The van der Waals surface area contributed by atoms with Crippen molar-refractivity contribution in [2.75, 3.05) is 30.4 Å². The van der Waals surface area contributed by atoms with Crippen LogP contribution in [0, 0.1) is 0 Å². The SMILES string of the molecule is CCCNc1nc(N)c(C(=O)NCC(C)SC)s1. The zero-order valence-electron chi connectivity index (χ0n) is 10.9. The number of thioether (sulfide) groups is 1. The minimum absolute atomic E-state index is 0.143. The van der Waals surface area contributed by atoms with Crippen LogP contribution >= 0.6 is 23.1 Å². The quantitative estimate of drug-likeness (QED) is 0.715. The van der Waals surface area contributed by atoms with Crippen molar-refractivity contribution in [2.45, 2.75) is 25.5 Å². The number of nitrogens with two attached hydrogens (primary N) is 1. The molecule has 0 bridgehead atoms. The number of hydrogen-bond donors (Lipinski definition) is 3. The van der Waals surface area contributed by atoms with E-state index in [1.54, 1.807) is 11.8 Å². The molecule has 0 spiro atoms. The molecule has 0 aliphatic carbocycles. The highest BCUT2D eigenvalue weighted by Gasteiger charge is 2.16. The van der Waals surface area contributed by atoms with Gasteiger partial charge in [-0.15, -0.1) is 0 Å². The highest BCUT2D eigenvalue weighted by molar-refractivity contribution is 7.99. The molecule has 7 heteroatoms. The van der Waals surface area contributed by atoms with E-state index in [1.807, 2.05) is 6.26 Å². The molecule has 0 saturated heterocycles. The Labute approximate surface area is 116 Å². The fraction of sp³-hybridized carbons (Fsp3) is 0.636. The van der Waals surface area contributed by atoms with Gasteiger partial charge in [-0.3, -0.25) is 4.79 Å². The van der Waals surface area contributed by atoms with Crippen LogP contribution in [0.2, 0.25) is 0 Å². The van der Waals surface area contributed by atoms with E-state index in [9.17, 15) is 4.79 Å². The van der Waals surface area contributed by atoms with Crippen LogP contribution < -0.4 is 16.4 Å². The number of anilines is 2. The standard InChI is InChI=1S/C11H20N4OS2/c1-4-5-13-11-15-9(12)8(18-11)10(16)14-6-7(2)17-3/h7H,4-6,12H2,1-3H3,(H,13,15)(H,14,16). The maximum Gasteiger partial charge on any atom is 0.265 e. The molecule has 0 fully saturated rings. The Morgan fingerprint density at radius 1 is 1.61 bits per heavy atom. The summed E-state index contributed by atoms with van der Waals surface area (Å²) in [7, 11) is 0. The Hall–Kier alpha value is -0.950. The molecule has 1 rings (SSSR count). The van der Waals surface area contributed by atoms with Gasteiger partial charge in [-0.2, -0.15) is 11.8 Å². The summed E-state index contributed by atoms with van der Waals surface area (Å²) in [5.41, 5.74) is 5.75. The number of nitrogen functional groups attached to an aromatic ring is 1. The molecular formula is C11H20N4OS2. The molecule has 1 aromatic rings. The number of nitrogens with zero attached hydrogens (tertiary/aromatic N) is 1. The number of nitrogens with one attached hydrogen (secondary N) is 2. The van der Waals surface area contributed by atoms with Gasteiger partial charge in [0.1, 0.15) is 10.7 Å². The summed E-state index contributed by atoms with van der Waals surface area (Å²) in [5.74, 6) is 0.156. The van der Waals surface area contributed by atoms with Crippen LogP contribution in [0.5, 0.6) is 0 Å². The van der Waals surface area contributed by atoms with Gasteiger partial charge in [0.2, 0.25) is 0 Å². The van der Waals surface area contributed by atoms with Crippen LogP contribution in [-0.4, -0.2) is 35.5 Å². The first kappa shape index (κ1) is 15.1. The lowest BCUT2D eigenvalue weighted by Crippen LogP contribution is -2.29. The molecule has 1 atom stereocenters. The van der Waals surface area contributed by atoms with Crippen molar-refractivity contribution >= 4 is 40.0 Å². The van der Waals surface area contributed by atoms with E-state index in [0.29, 0.717) is 27.6 Å². The summed E-state index contributed by atoms with van der Waals surface area (Å²) in [6.45, 7) is 5.60. The molecule has 0 saturated carbocycles. The van der Waals surface area contributed by atoms with Crippen LogP contribution in [0.15, 0.2) is 0 Å². The lowest BCUT2D eigenvalue weighted by molar-refractivity contribution is 0.0959. The van der Waals surface area contributed by atoms with E-state index >= 15 is 0 Å². The molecule has 102 valence electrons. The van der Waals surface area contributed by atoms with E-state index < -0.39 is 0 Å². The average molecular weight is 288 g/mol. The van der Waals surface area contributed by atoms with Crippen LogP contribution in [0.25, 0.3) is 0 Å². The molecule has 0 aliphatic rings. The number of thiazole rings is 1. The van der Waals surface area contributed by atoms with Crippen LogP contribution in [-0.2, 0) is 0 Å². The fourth-order valence-electron chi connectivity index (χ4n) is 1.20. The Kier molecular flexibility index (Phi) is 6.28. The number of carbonyl (C=O) groups excluding carboxylic acids is 1. The zero-order chi connectivity index (χ0) is 13.5. The van der Waals surface area contributed by atoms with E-state index in [4.69, 9.17) is 5.73 Å². The summed E-state index contributed by atoms with van der Waals surface area (Å²) in [5, 5.41) is 7.09. The molecule has 5 nitrogen and oxygen atoms in total. The van der Waals surface area contributed by atoms with Gasteiger partial charge in [0.15, 0.2) is 5.13 Å². The maximum atomic E-state index is 11.9. The highest BCUT2D eigenvalue weighted by Crippen LogP contribution is 2.24. The normalized spacial score (nSPS) is 12.2. The van der Waals surface area contributed by atoms with Gasteiger partial charge in [-0.25, -0.2) is 4.98 Å². The van der Waals surface area contributed by atoms with Crippen LogP contribution in [0.1, 0.15) is 29.9 Å². The van der Waals surface area contributed by atoms with E-state index in [0.717, 1.165) is 13.0 Å². The minimum atomic E-state index is -0.143. The van der Waals surface area contributed by atoms with Gasteiger partial charge in [-0.05, 0) is 12.7 Å². The van der Waals surface area contributed by atoms with Crippen molar-refractivity contribution in [2.24, 2.45) is 0 Å². The first-order chi connectivity index (χ1) is 8.58. The predicted molar refractivity (Wildman–Crippen MR) is 80.6 cm³/mol. The predicted octanol–water partition coefficient (Wildman–Crippen LogP) is 2.03. The molecule has 1 heterocycles. The third kappa shape index (κ3) is 4.38. The van der Waals surface area contributed by atoms with Crippen LogP contribution in [0.3, 0.4) is 0 Å². The second-order valence-electron chi connectivity index (χ2n) is 3.92. The monoisotopic (exact) mass is 288 g/mol. The number of rotatable bonds is 7. The second-order valence-corrected chi connectivity index (χ2v) is 6.19. The molecule has 1 unspecified atom stereocenters. The molecular weight excluding hydrogens is 268 g/mol. The van der Waals surface area contributed by atoms with Crippen molar-refractivity contribution in [3.05, 3.63) is 4.88 Å². The lowest BCUT2D eigenvalue weighted by atomic mass is 10.4. The highest BCUT2D eigenvalue weighted by atomic mass is 32.2. The first-order valence-corrected chi connectivity index (χ1v) is 8.00. The number of hydrogen-bond acceptors (Lipinski definition) is 6. The Morgan fingerprint density at radius 3 is 2.94 bits per heavy atom. The fourth-order valence-corrected chi connectivity index (χ4v) is 2.28. The van der Waals surface area contributed by atoms with Crippen molar-refractivity contribution in [1.82, 2.24) is 10.3 Å². The summed E-state index contributed by atoms with van der Waals surface area (Å²) >= 11 is 3.01. The van der Waals surface area contributed by atoms with Gasteiger partial charge >= 0.3 is 0 Å². The summed E-state index contributed by atoms with van der Waals surface area (Å²) in [4.78, 5) is 16.5. The number of carbonyl (C=O) groups is 1. The molecule has 1 amide bonds. The van der Waals surface area contributed by atoms with E-state index in [1.165, 1.54) is 11.3 Å². The minimum Gasteiger partial charge on any atom is -0.382 e. The zero-order valence-corrected chi connectivity index (χ0v) is 12.6. The van der Waals surface area contributed by atoms with Gasteiger partial charge < -0.3 is 16.4 Å². The summed E-state index contributed by atoms with van der Waals surface area (Å²) < 4.78 is 0. The third-order valence-electron chi connectivity index (χ3n) is 2.34. The maximum absolute atomic E-state index is 11.9. The topological polar surface area (TPSA) is 80.0 Å². The van der Waals surface area contributed by atoms with Crippen molar-refractivity contribution in [3.63, 3.8) is 0 Å². The van der Waals surface area contributed by atoms with Gasteiger partial charge in [0.25, 0.3) is 5.91 Å². The lowest BCUT2D eigenvalue weighted by Gasteiger charge is -2.08. The van der Waals surface area contributed by atoms with Gasteiger partial charge in [-0.1, -0.05) is 25.2 Å². The summed E-state index contributed by atoms with van der Waals surface area (Å²) in [6.07, 6.45) is 3.02. The molecule has 0 radical (unpaired) electrons. The van der Waals surface area contributed by atoms with Crippen LogP contribution in [0.4, 0.5) is 10.9 Å². The Bertz CT molecular complexity index is 394. The summed E-state index contributed by atoms with van der Waals surface area (Å²) in [6, 6.07) is 0. The second kappa shape index (κ2) is 7.48.